The van der Waals surface area contributed by atoms with Gasteiger partial charge in [0.15, 0.2) is 0 Å². The van der Waals surface area contributed by atoms with Crippen molar-refractivity contribution in [3.63, 3.8) is 0 Å². The smallest absolute Gasteiger partial charge is 0.147 e. The molecule has 1 aromatic carbocycles. The molecular formula is C13H13ClO3S. The quantitative estimate of drug-likeness (QED) is 0.934. The van der Waals surface area contributed by atoms with E-state index < -0.39 is 6.10 Å². The fourth-order valence-corrected chi connectivity index (χ4v) is 2.79. The summed E-state index contributed by atoms with van der Waals surface area (Å²) in [6.45, 7) is 0. The van der Waals surface area contributed by atoms with Crippen molar-refractivity contribution in [3.05, 3.63) is 45.1 Å². The summed E-state index contributed by atoms with van der Waals surface area (Å²) in [6, 6.07) is 7.23. The maximum absolute atomic E-state index is 10.3. The molecule has 0 aliphatic carbocycles. The van der Waals surface area contributed by atoms with Crippen molar-refractivity contribution in [3.8, 4) is 11.5 Å². The van der Waals surface area contributed by atoms with E-state index >= 15 is 0 Å². The standard InChI is InChI=1S/C13H13ClO3S/c1-16-9-6-5-8(13(17-2)11(9)14)12(15)10-4-3-7-18-10/h3-7,12,15H,1-2H3. The average Bonchev–Trinajstić information content (AvgIpc) is 2.91. The molecule has 1 atom stereocenters. The van der Waals surface area contributed by atoms with Gasteiger partial charge >= 0.3 is 0 Å². The van der Waals surface area contributed by atoms with E-state index in [9.17, 15) is 5.11 Å². The summed E-state index contributed by atoms with van der Waals surface area (Å²) in [5, 5.41) is 12.6. The number of rotatable bonds is 4. The number of halogens is 1. The third kappa shape index (κ3) is 2.32. The lowest BCUT2D eigenvalue weighted by Gasteiger charge is -2.16. The Balaban J connectivity index is 2.48. The normalized spacial score (nSPS) is 12.2. The van der Waals surface area contributed by atoms with Crippen LogP contribution in [-0.4, -0.2) is 19.3 Å². The van der Waals surface area contributed by atoms with E-state index in [1.54, 1.807) is 12.1 Å². The monoisotopic (exact) mass is 284 g/mol. The number of thiophene rings is 1. The summed E-state index contributed by atoms with van der Waals surface area (Å²) in [6.07, 6.45) is -0.747. The Morgan fingerprint density at radius 3 is 2.56 bits per heavy atom. The molecule has 0 bridgehead atoms. The molecule has 96 valence electrons. The molecule has 1 unspecified atom stereocenters. The number of aliphatic hydroxyl groups is 1. The highest BCUT2D eigenvalue weighted by atomic mass is 35.5. The maximum Gasteiger partial charge on any atom is 0.147 e. The van der Waals surface area contributed by atoms with Gasteiger partial charge in [-0.2, -0.15) is 0 Å². The zero-order valence-electron chi connectivity index (χ0n) is 10.0. The summed E-state index contributed by atoms with van der Waals surface area (Å²) >= 11 is 7.64. The van der Waals surface area contributed by atoms with Gasteiger partial charge in [-0.25, -0.2) is 0 Å². The SMILES string of the molecule is COc1ccc(C(O)c2cccs2)c(OC)c1Cl. The van der Waals surface area contributed by atoms with Crippen molar-refractivity contribution in [2.75, 3.05) is 14.2 Å². The highest BCUT2D eigenvalue weighted by Gasteiger charge is 2.20. The summed E-state index contributed by atoms with van der Waals surface area (Å²) < 4.78 is 10.4. The van der Waals surface area contributed by atoms with Crippen LogP contribution in [-0.2, 0) is 0 Å². The van der Waals surface area contributed by atoms with Crippen LogP contribution in [0.4, 0.5) is 0 Å². The van der Waals surface area contributed by atoms with Gasteiger partial charge in [0.05, 0.1) is 14.2 Å². The van der Waals surface area contributed by atoms with Gasteiger partial charge in [-0.1, -0.05) is 17.7 Å². The van der Waals surface area contributed by atoms with Crippen LogP contribution in [0.1, 0.15) is 16.5 Å². The third-order valence-corrected chi connectivity index (χ3v) is 3.91. The van der Waals surface area contributed by atoms with Crippen LogP contribution in [0.25, 0.3) is 0 Å². The van der Waals surface area contributed by atoms with Crippen LogP contribution < -0.4 is 9.47 Å². The Kier molecular flexibility index (Phi) is 4.11. The molecule has 5 heteroatoms. The van der Waals surface area contributed by atoms with Crippen molar-refractivity contribution in [2.24, 2.45) is 0 Å². The van der Waals surface area contributed by atoms with Crippen LogP contribution in [0.15, 0.2) is 29.6 Å². The lowest BCUT2D eigenvalue weighted by molar-refractivity contribution is 0.218. The molecule has 0 aliphatic rings. The van der Waals surface area contributed by atoms with E-state index in [2.05, 4.69) is 0 Å². The minimum atomic E-state index is -0.747. The first-order chi connectivity index (χ1) is 8.69. The molecule has 0 radical (unpaired) electrons. The second-order valence-electron chi connectivity index (χ2n) is 3.62. The van der Waals surface area contributed by atoms with Crippen molar-refractivity contribution in [1.82, 2.24) is 0 Å². The van der Waals surface area contributed by atoms with Gasteiger partial charge in [-0.3, -0.25) is 0 Å². The molecule has 0 spiro atoms. The number of ether oxygens (including phenoxy) is 2. The first kappa shape index (κ1) is 13.2. The predicted molar refractivity (Wildman–Crippen MR) is 72.9 cm³/mol. The molecule has 18 heavy (non-hydrogen) atoms. The lowest BCUT2D eigenvalue weighted by Crippen LogP contribution is -2.02. The molecule has 1 heterocycles. The van der Waals surface area contributed by atoms with Crippen LogP contribution in [0, 0.1) is 0 Å². The number of hydrogen-bond donors (Lipinski definition) is 1. The van der Waals surface area contributed by atoms with Crippen LogP contribution in [0.5, 0.6) is 11.5 Å². The molecule has 0 saturated carbocycles. The van der Waals surface area contributed by atoms with Gasteiger partial charge in [0.2, 0.25) is 0 Å². The molecule has 1 N–H and O–H groups in total. The van der Waals surface area contributed by atoms with E-state index in [0.29, 0.717) is 22.1 Å². The Hall–Kier alpha value is -1.23. The summed E-state index contributed by atoms with van der Waals surface area (Å²) in [4.78, 5) is 0.842. The van der Waals surface area contributed by atoms with Crippen molar-refractivity contribution in [1.29, 1.82) is 0 Å². The fraction of sp³-hybridized carbons (Fsp3) is 0.231. The Morgan fingerprint density at radius 1 is 1.22 bits per heavy atom. The molecule has 0 amide bonds. The Bertz CT molecular complexity index is 525. The van der Waals surface area contributed by atoms with E-state index in [1.807, 2.05) is 17.5 Å². The number of benzene rings is 1. The average molecular weight is 285 g/mol. The van der Waals surface area contributed by atoms with Gasteiger partial charge in [0.1, 0.15) is 22.6 Å². The van der Waals surface area contributed by atoms with Gasteiger partial charge in [-0.05, 0) is 23.6 Å². The van der Waals surface area contributed by atoms with E-state index in [-0.39, 0.29) is 0 Å². The topological polar surface area (TPSA) is 38.7 Å². The minimum Gasteiger partial charge on any atom is -0.495 e. The summed E-state index contributed by atoms with van der Waals surface area (Å²) in [7, 11) is 3.06. The van der Waals surface area contributed by atoms with Gasteiger partial charge in [-0.15, -0.1) is 11.3 Å². The highest BCUT2D eigenvalue weighted by Crippen LogP contribution is 2.41. The molecule has 0 aliphatic heterocycles. The summed E-state index contributed by atoms with van der Waals surface area (Å²) in [5.41, 5.74) is 0.630. The molecular weight excluding hydrogens is 272 g/mol. The van der Waals surface area contributed by atoms with Crippen molar-refractivity contribution < 1.29 is 14.6 Å². The molecule has 0 fully saturated rings. The van der Waals surface area contributed by atoms with Gasteiger partial charge < -0.3 is 14.6 Å². The molecule has 2 rings (SSSR count). The van der Waals surface area contributed by atoms with E-state index in [0.717, 1.165) is 4.88 Å². The summed E-state index contributed by atoms with van der Waals surface area (Å²) in [5.74, 6) is 0.965. The molecule has 3 nitrogen and oxygen atoms in total. The Morgan fingerprint density at radius 2 is 2.00 bits per heavy atom. The first-order valence-electron chi connectivity index (χ1n) is 5.31. The van der Waals surface area contributed by atoms with Gasteiger partial charge in [0, 0.05) is 10.4 Å². The van der Waals surface area contributed by atoms with Gasteiger partial charge in [0.25, 0.3) is 0 Å². The fourth-order valence-electron chi connectivity index (χ4n) is 1.73. The molecule has 0 saturated heterocycles. The number of methoxy groups -OCH3 is 2. The maximum atomic E-state index is 10.3. The van der Waals surface area contributed by atoms with Crippen LogP contribution in [0.3, 0.4) is 0 Å². The van der Waals surface area contributed by atoms with Crippen molar-refractivity contribution in [2.45, 2.75) is 6.10 Å². The third-order valence-electron chi connectivity index (χ3n) is 2.62. The van der Waals surface area contributed by atoms with Crippen LogP contribution >= 0.6 is 22.9 Å². The van der Waals surface area contributed by atoms with Crippen LogP contribution in [0.2, 0.25) is 5.02 Å². The molecule has 1 aromatic heterocycles. The lowest BCUT2D eigenvalue weighted by atomic mass is 10.1. The molecule has 2 aromatic rings. The highest BCUT2D eigenvalue weighted by molar-refractivity contribution is 7.10. The van der Waals surface area contributed by atoms with Crippen molar-refractivity contribution >= 4 is 22.9 Å². The number of hydrogen-bond acceptors (Lipinski definition) is 4. The van der Waals surface area contributed by atoms with E-state index in [4.69, 9.17) is 21.1 Å². The second-order valence-corrected chi connectivity index (χ2v) is 4.98. The Labute approximate surface area is 115 Å². The zero-order valence-corrected chi connectivity index (χ0v) is 11.6. The van der Waals surface area contributed by atoms with E-state index in [1.165, 1.54) is 25.6 Å². The number of aliphatic hydroxyl groups excluding tert-OH is 1. The minimum absolute atomic E-state index is 0.369. The largest absolute Gasteiger partial charge is 0.495 e. The predicted octanol–water partition coefficient (Wildman–Crippen LogP) is 3.50. The first-order valence-corrected chi connectivity index (χ1v) is 6.56. The second kappa shape index (κ2) is 5.61. The zero-order chi connectivity index (χ0) is 13.1.